The molecule has 1 N–H and O–H groups in total. The summed E-state index contributed by atoms with van der Waals surface area (Å²) < 4.78 is 1.89. The van der Waals surface area contributed by atoms with Gasteiger partial charge < -0.3 is 5.32 Å². The van der Waals surface area contributed by atoms with Gasteiger partial charge in [-0.1, -0.05) is 24.3 Å². The zero-order valence-electron chi connectivity index (χ0n) is 11.4. The van der Waals surface area contributed by atoms with Crippen molar-refractivity contribution in [3.8, 4) is 5.69 Å². The number of aryl methyl sites for hydroxylation is 1. The number of hydrogen-bond donors (Lipinski definition) is 1. The van der Waals surface area contributed by atoms with E-state index in [0.717, 1.165) is 23.5 Å². The lowest BCUT2D eigenvalue weighted by molar-refractivity contribution is 0.627. The molecular weight excluding hydrogens is 224 g/mol. The third-order valence-corrected chi connectivity index (χ3v) is 3.36. The van der Waals surface area contributed by atoms with Gasteiger partial charge in [0.05, 0.1) is 17.4 Å². The highest BCUT2D eigenvalue weighted by Gasteiger charge is 2.14. The average Bonchev–Trinajstić information content (AvgIpc) is 2.80. The Kier molecular flexibility index (Phi) is 3.77. The molecule has 2 rings (SSSR count). The predicted molar refractivity (Wildman–Crippen MR) is 72.9 cm³/mol. The molecule has 0 saturated carbocycles. The monoisotopic (exact) mass is 244 g/mol. The summed E-state index contributed by atoms with van der Waals surface area (Å²) in [5.41, 5.74) is 4.48. The molecule has 0 aliphatic heterocycles. The van der Waals surface area contributed by atoms with Crippen LogP contribution in [0.25, 0.3) is 5.69 Å². The lowest BCUT2D eigenvalue weighted by Gasteiger charge is -2.08. The molecule has 0 aliphatic carbocycles. The van der Waals surface area contributed by atoms with Crippen molar-refractivity contribution in [3.05, 3.63) is 41.2 Å². The number of nitrogens with one attached hydrogen (secondary N) is 1. The maximum absolute atomic E-state index is 4.26. The molecule has 0 amide bonds. The molecule has 0 radical (unpaired) electrons. The summed E-state index contributed by atoms with van der Waals surface area (Å²) in [6.07, 6.45) is 1.05. The van der Waals surface area contributed by atoms with E-state index in [1.807, 2.05) is 11.7 Å². The number of rotatable bonds is 4. The second-order valence-electron chi connectivity index (χ2n) is 4.50. The standard InChI is InChI=1S/C14H20N4/c1-5-12-6-8-13(9-7-12)18-11(3)14(16-17-18)10(2)15-4/h6-10,15H,5H2,1-4H3. The largest absolute Gasteiger partial charge is 0.312 e. The van der Waals surface area contributed by atoms with Gasteiger partial charge in [-0.25, -0.2) is 4.68 Å². The summed E-state index contributed by atoms with van der Waals surface area (Å²) in [4.78, 5) is 0. The van der Waals surface area contributed by atoms with Crippen LogP contribution in [0.2, 0.25) is 0 Å². The highest BCUT2D eigenvalue weighted by atomic mass is 15.4. The molecule has 0 aliphatic rings. The maximum atomic E-state index is 4.26. The van der Waals surface area contributed by atoms with E-state index in [1.54, 1.807) is 0 Å². The summed E-state index contributed by atoms with van der Waals surface area (Å²) in [7, 11) is 1.93. The van der Waals surface area contributed by atoms with Crippen molar-refractivity contribution in [2.45, 2.75) is 33.2 Å². The minimum absolute atomic E-state index is 0.216. The van der Waals surface area contributed by atoms with Crippen LogP contribution >= 0.6 is 0 Å². The topological polar surface area (TPSA) is 42.7 Å². The normalized spacial score (nSPS) is 12.7. The first-order chi connectivity index (χ1) is 8.67. The molecule has 1 unspecified atom stereocenters. The molecule has 4 heteroatoms. The first kappa shape index (κ1) is 12.8. The van der Waals surface area contributed by atoms with Gasteiger partial charge in [0.1, 0.15) is 5.69 Å². The van der Waals surface area contributed by atoms with E-state index >= 15 is 0 Å². The van der Waals surface area contributed by atoms with Crippen molar-refractivity contribution >= 4 is 0 Å². The molecule has 4 nitrogen and oxygen atoms in total. The van der Waals surface area contributed by atoms with Crippen LogP contribution < -0.4 is 5.32 Å². The van der Waals surface area contributed by atoms with Gasteiger partial charge >= 0.3 is 0 Å². The Hall–Kier alpha value is -1.68. The quantitative estimate of drug-likeness (QED) is 0.898. The summed E-state index contributed by atoms with van der Waals surface area (Å²) in [5, 5.41) is 11.7. The molecule has 96 valence electrons. The Labute approximate surface area is 108 Å². The summed E-state index contributed by atoms with van der Waals surface area (Å²) >= 11 is 0. The highest BCUT2D eigenvalue weighted by Crippen LogP contribution is 2.17. The fraction of sp³-hybridized carbons (Fsp3) is 0.429. The fourth-order valence-corrected chi connectivity index (χ4v) is 2.00. The Morgan fingerprint density at radius 3 is 2.50 bits per heavy atom. The molecule has 1 atom stereocenters. The molecule has 0 spiro atoms. The van der Waals surface area contributed by atoms with Crippen molar-refractivity contribution < 1.29 is 0 Å². The van der Waals surface area contributed by atoms with Gasteiger partial charge in [0.25, 0.3) is 0 Å². The molecule has 0 bridgehead atoms. The van der Waals surface area contributed by atoms with Crippen molar-refractivity contribution in [1.82, 2.24) is 20.3 Å². The van der Waals surface area contributed by atoms with Crippen LogP contribution in [0.4, 0.5) is 0 Å². The van der Waals surface area contributed by atoms with Gasteiger partial charge in [0.15, 0.2) is 0 Å². The van der Waals surface area contributed by atoms with Crippen LogP contribution in [0.3, 0.4) is 0 Å². The predicted octanol–water partition coefficient (Wildman–Crippen LogP) is 2.42. The van der Waals surface area contributed by atoms with Crippen LogP contribution in [0.15, 0.2) is 24.3 Å². The summed E-state index contributed by atoms with van der Waals surface area (Å²) in [5.74, 6) is 0. The van der Waals surface area contributed by atoms with Gasteiger partial charge in [-0.05, 0) is 45.0 Å². The van der Waals surface area contributed by atoms with Crippen molar-refractivity contribution in [3.63, 3.8) is 0 Å². The average molecular weight is 244 g/mol. The van der Waals surface area contributed by atoms with Crippen molar-refractivity contribution in [2.24, 2.45) is 0 Å². The van der Waals surface area contributed by atoms with Gasteiger partial charge in [0, 0.05) is 0 Å². The number of hydrogen-bond acceptors (Lipinski definition) is 3. The smallest absolute Gasteiger partial charge is 0.103 e. The van der Waals surface area contributed by atoms with E-state index in [4.69, 9.17) is 0 Å². The Morgan fingerprint density at radius 1 is 1.28 bits per heavy atom. The lowest BCUT2D eigenvalue weighted by Crippen LogP contribution is -2.14. The summed E-state index contributed by atoms with van der Waals surface area (Å²) in [6.45, 7) is 6.29. The second-order valence-corrected chi connectivity index (χ2v) is 4.50. The summed E-state index contributed by atoms with van der Waals surface area (Å²) in [6, 6.07) is 8.67. The molecule has 1 heterocycles. The minimum atomic E-state index is 0.216. The molecule has 2 aromatic rings. The molecular formula is C14H20N4. The molecule has 1 aromatic carbocycles. The Morgan fingerprint density at radius 2 is 1.94 bits per heavy atom. The third-order valence-electron chi connectivity index (χ3n) is 3.36. The zero-order valence-corrected chi connectivity index (χ0v) is 11.4. The molecule has 1 aromatic heterocycles. The molecule has 18 heavy (non-hydrogen) atoms. The van der Waals surface area contributed by atoms with E-state index in [2.05, 4.69) is 60.7 Å². The first-order valence-electron chi connectivity index (χ1n) is 6.36. The van der Waals surface area contributed by atoms with Crippen LogP contribution in [-0.2, 0) is 6.42 Å². The van der Waals surface area contributed by atoms with Crippen LogP contribution in [0.5, 0.6) is 0 Å². The lowest BCUT2D eigenvalue weighted by atomic mass is 10.1. The van der Waals surface area contributed by atoms with Crippen molar-refractivity contribution in [2.75, 3.05) is 7.05 Å². The van der Waals surface area contributed by atoms with Crippen LogP contribution in [0, 0.1) is 6.92 Å². The van der Waals surface area contributed by atoms with Crippen LogP contribution in [0.1, 0.15) is 36.8 Å². The van der Waals surface area contributed by atoms with Gasteiger partial charge in [-0.3, -0.25) is 0 Å². The van der Waals surface area contributed by atoms with E-state index in [-0.39, 0.29) is 6.04 Å². The van der Waals surface area contributed by atoms with Gasteiger partial charge in [-0.2, -0.15) is 0 Å². The number of benzene rings is 1. The third kappa shape index (κ3) is 2.29. The van der Waals surface area contributed by atoms with E-state index in [0.29, 0.717) is 0 Å². The Balaban J connectivity index is 2.36. The highest BCUT2D eigenvalue weighted by molar-refractivity contribution is 5.36. The number of nitrogens with zero attached hydrogens (tertiary/aromatic N) is 3. The molecule has 0 saturated heterocycles. The second kappa shape index (κ2) is 5.31. The SMILES string of the molecule is CCc1ccc(-n2nnc(C(C)NC)c2C)cc1. The van der Waals surface area contributed by atoms with E-state index < -0.39 is 0 Å². The zero-order chi connectivity index (χ0) is 13.1. The van der Waals surface area contributed by atoms with Gasteiger partial charge in [-0.15, -0.1) is 5.10 Å². The van der Waals surface area contributed by atoms with Gasteiger partial charge in [0.2, 0.25) is 0 Å². The van der Waals surface area contributed by atoms with E-state index in [9.17, 15) is 0 Å². The molecule has 0 fully saturated rings. The van der Waals surface area contributed by atoms with Crippen molar-refractivity contribution in [1.29, 1.82) is 0 Å². The van der Waals surface area contributed by atoms with E-state index in [1.165, 1.54) is 5.56 Å². The first-order valence-corrected chi connectivity index (χ1v) is 6.36. The number of aromatic nitrogens is 3. The maximum Gasteiger partial charge on any atom is 0.103 e. The van der Waals surface area contributed by atoms with Crippen LogP contribution in [-0.4, -0.2) is 22.0 Å². The minimum Gasteiger partial charge on any atom is -0.312 e. The fourth-order valence-electron chi connectivity index (χ4n) is 2.00. The Bertz CT molecular complexity index is 513.